The van der Waals surface area contributed by atoms with Crippen molar-refractivity contribution in [3.8, 4) is 0 Å². The van der Waals surface area contributed by atoms with Crippen molar-refractivity contribution in [3.63, 3.8) is 0 Å². The van der Waals surface area contributed by atoms with Crippen LogP contribution < -0.4 is 10.8 Å². The molecule has 2 amide bonds. The number of hydrogen-bond acceptors (Lipinski definition) is 2. The van der Waals surface area contributed by atoms with E-state index in [1.165, 1.54) is 0 Å². The SMILES string of the molecule is CCCCONC(=O)Nc1ccccc1Cl. The summed E-state index contributed by atoms with van der Waals surface area (Å²) < 4.78 is 0. The molecule has 0 saturated carbocycles. The van der Waals surface area contributed by atoms with Crippen LogP contribution in [0, 0.1) is 0 Å². The Balaban J connectivity index is 2.32. The summed E-state index contributed by atoms with van der Waals surface area (Å²) >= 11 is 5.87. The second-order valence-corrected chi connectivity index (χ2v) is 3.65. The number of carbonyl (C=O) groups excluding carboxylic acids is 1. The van der Waals surface area contributed by atoms with Gasteiger partial charge in [-0.15, -0.1) is 0 Å². The molecule has 1 aromatic rings. The topological polar surface area (TPSA) is 50.4 Å². The van der Waals surface area contributed by atoms with Gasteiger partial charge in [0.05, 0.1) is 17.3 Å². The maximum Gasteiger partial charge on any atom is 0.343 e. The van der Waals surface area contributed by atoms with Crippen molar-refractivity contribution in [2.45, 2.75) is 19.8 Å². The summed E-state index contributed by atoms with van der Waals surface area (Å²) in [6.45, 7) is 2.56. The minimum atomic E-state index is -0.427. The largest absolute Gasteiger partial charge is 0.343 e. The lowest BCUT2D eigenvalue weighted by Crippen LogP contribution is -2.29. The summed E-state index contributed by atoms with van der Waals surface area (Å²) in [7, 11) is 0. The summed E-state index contributed by atoms with van der Waals surface area (Å²) in [5, 5.41) is 3.07. The van der Waals surface area contributed by atoms with E-state index in [1.54, 1.807) is 24.3 Å². The van der Waals surface area contributed by atoms with Gasteiger partial charge in [0.2, 0.25) is 0 Å². The molecule has 0 unspecified atom stereocenters. The predicted octanol–water partition coefficient (Wildman–Crippen LogP) is 3.19. The van der Waals surface area contributed by atoms with Gasteiger partial charge < -0.3 is 5.32 Å². The Hall–Kier alpha value is -1.26. The summed E-state index contributed by atoms with van der Waals surface area (Å²) in [5.41, 5.74) is 2.84. The standard InChI is InChI=1S/C11H15ClN2O2/c1-2-3-8-16-14-11(15)13-10-7-5-4-6-9(10)12/h4-7H,2-3,8H2,1H3,(H2,13,14,15). The van der Waals surface area contributed by atoms with Crippen molar-refractivity contribution in [1.29, 1.82) is 0 Å². The third kappa shape index (κ3) is 4.51. The van der Waals surface area contributed by atoms with Crippen LogP contribution in [0.5, 0.6) is 0 Å². The van der Waals surface area contributed by atoms with Crippen molar-refractivity contribution >= 4 is 23.3 Å². The number of hydrogen-bond donors (Lipinski definition) is 2. The van der Waals surface area contributed by atoms with Crippen LogP contribution in [-0.4, -0.2) is 12.6 Å². The number of urea groups is 1. The van der Waals surface area contributed by atoms with Gasteiger partial charge in [0, 0.05) is 0 Å². The van der Waals surface area contributed by atoms with Gasteiger partial charge in [-0.3, -0.25) is 4.84 Å². The number of halogens is 1. The quantitative estimate of drug-likeness (QED) is 0.615. The van der Waals surface area contributed by atoms with Gasteiger partial charge in [-0.2, -0.15) is 0 Å². The Bertz CT molecular complexity index is 345. The van der Waals surface area contributed by atoms with Crippen molar-refractivity contribution in [3.05, 3.63) is 29.3 Å². The van der Waals surface area contributed by atoms with Crippen LogP contribution in [0.4, 0.5) is 10.5 Å². The second-order valence-electron chi connectivity index (χ2n) is 3.24. The summed E-state index contributed by atoms with van der Waals surface area (Å²) in [6, 6.07) is 6.58. The van der Waals surface area contributed by atoms with E-state index in [4.69, 9.17) is 16.4 Å². The molecular weight excluding hydrogens is 228 g/mol. The van der Waals surface area contributed by atoms with Crippen LogP contribution in [0.3, 0.4) is 0 Å². The van der Waals surface area contributed by atoms with E-state index >= 15 is 0 Å². The molecule has 0 atom stereocenters. The normalized spacial score (nSPS) is 9.88. The van der Waals surface area contributed by atoms with Gasteiger partial charge in [-0.05, 0) is 18.6 Å². The Morgan fingerprint density at radius 1 is 1.44 bits per heavy atom. The highest BCUT2D eigenvalue weighted by Gasteiger charge is 2.03. The predicted molar refractivity (Wildman–Crippen MR) is 64.5 cm³/mol. The van der Waals surface area contributed by atoms with Gasteiger partial charge in [-0.25, -0.2) is 10.3 Å². The maximum atomic E-state index is 11.3. The lowest BCUT2D eigenvalue weighted by molar-refractivity contribution is 0.0640. The smallest absolute Gasteiger partial charge is 0.305 e. The van der Waals surface area contributed by atoms with Crippen LogP contribution in [0.2, 0.25) is 5.02 Å². The molecule has 0 radical (unpaired) electrons. The number of anilines is 1. The fraction of sp³-hybridized carbons (Fsp3) is 0.364. The molecule has 5 heteroatoms. The summed E-state index contributed by atoms with van der Waals surface area (Å²) in [5.74, 6) is 0. The number of para-hydroxylation sites is 1. The van der Waals surface area contributed by atoms with Gasteiger partial charge in [0.1, 0.15) is 0 Å². The maximum absolute atomic E-state index is 11.3. The number of carbonyl (C=O) groups is 1. The molecule has 88 valence electrons. The minimum Gasteiger partial charge on any atom is -0.305 e. The number of nitrogens with one attached hydrogen (secondary N) is 2. The highest BCUT2D eigenvalue weighted by Crippen LogP contribution is 2.19. The van der Waals surface area contributed by atoms with Crippen LogP contribution in [0.1, 0.15) is 19.8 Å². The lowest BCUT2D eigenvalue weighted by atomic mass is 10.3. The zero-order valence-corrected chi connectivity index (χ0v) is 9.88. The molecule has 0 fully saturated rings. The zero-order valence-electron chi connectivity index (χ0n) is 9.13. The molecule has 4 nitrogen and oxygen atoms in total. The van der Waals surface area contributed by atoms with Crippen molar-refractivity contribution in [1.82, 2.24) is 5.48 Å². The second kappa shape index (κ2) is 7.09. The van der Waals surface area contributed by atoms with Gasteiger partial charge in [0.25, 0.3) is 0 Å². The van der Waals surface area contributed by atoms with E-state index in [0.29, 0.717) is 17.3 Å². The number of benzene rings is 1. The van der Waals surface area contributed by atoms with Crippen molar-refractivity contribution < 1.29 is 9.63 Å². The molecule has 1 rings (SSSR count). The molecule has 16 heavy (non-hydrogen) atoms. The molecule has 0 bridgehead atoms. The summed E-state index contributed by atoms with van der Waals surface area (Å²) in [6.07, 6.45) is 1.93. The molecule has 0 spiro atoms. The lowest BCUT2D eigenvalue weighted by Gasteiger charge is -2.08. The molecule has 0 aliphatic carbocycles. The minimum absolute atomic E-state index is 0.427. The van der Waals surface area contributed by atoms with E-state index in [-0.39, 0.29) is 0 Å². The van der Waals surface area contributed by atoms with Crippen LogP contribution in [-0.2, 0) is 4.84 Å². The van der Waals surface area contributed by atoms with Gasteiger partial charge >= 0.3 is 6.03 Å². The Labute approximate surface area is 99.9 Å². The van der Waals surface area contributed by atoms with E-state index in [2.05, 4.69) is 10.8 Å². The molecule has 0 aromatic heterocycles. The Morgan fingerprint density at radius 3 is 2.88 bits per heavy atom. The van der Waals surface area contributed by atoms with Crippen LogP contribution in [0.15, 0.2) is 24.3 Å². The Kier molecular flexibility index (Phi) is 5.67. The zero-order chi connectivity index (χ0) is 11.8. The first-order chi connectivity index (χ1) is 7.74. The van der Waals surface area contributed by atoms with Crippen molar-refractivity contribution in [2.24, 2.45) is 0 Å². The highest BCUT2D eigenvalue weighted by molar-refractivity contribution is 6.33. The highest BCUT2D eigenvalue weighted by atomic mass is 35.5. The number of rotatable bonds is 5. The fourth-order valence-corrected chi connectivity index (χ4v) is 1.23. The third-order valence-electron chi connectivity index (χ3n) is 1.89. The van der Waals surface area contributed by atoms with E-state index in [9.17, 15) is 4.79 Å². The molecular formula is C11H15ClN2O2. The fourth-order valence-electron chi connectivity index (χ4n) is 1.04. The average Bonchev–Trinajstić information content (AvgIpc) is 2.28. The first-order valence-electron chi connectivity index (χ1n) is 5.17. The molecule has 0 saturated heterocycles. The summed E-state index contributed by atoms with van der Waals surface area (Å²) in [4.78, 5) is 16.3. The van der Waals surface area contributed by atoms with Crippen molar-refractivity contribution in [2.75, 3.05) is 11.9 Å². The van der Waals surface area contributed by atoms with Crippen LogP contribution in [0.25, 0.3) is 0 Å². The molecule has 2 N–H and O–H groups in total. The number of hydroxylamine groups is 1. The average molecular weight is 243 g/mol. The van der Waals surface area contributed by atoms with E-state index < -0.39 is 6.03 Å². The first-order valence-corrected chi connectivity index (χ1v) is 5.55. The molecule has 1 aromatic carbocycles. The first kappa shape index (κ1) is 12.8. The van der Waals surface area contributed by atoms with E-state index in [0.717, 1.165) is 12.8 Å². The third-order valence-corrected chi connectivity index (χ3v) is 2.22. The van der Waals surface area contributed by atoms with Gasteiger partial charge in [-0.1, -0.05) is 37.1 Å². The Morgan fingerprint density at radius 2 is 2.19 bits per heavy atom. The van der Waals surface area contributed by atoms with E-state index in [1.807, 2.05) is 6.92 Å². The van der Waals surface area contributed by atoms with Crippen LogP contribution >= 0.6 is 11.6 Å². The van der Waals surface area contributed by atoms with Gasteiger partial charge in [0.15, 0.2) is 0 Å². The molecule has 0 aliphatic heterocycles. The molecule has 0 heterocycles. The number of unbranched alkanes of at least 4 members (excludes halogenated alkanes) is 1. The monoisotopic (exact) mass is 242 g/mol. The molecule has 0 aliphatic rings. The number of amides is 2.